The Balaban J connectivity index is 1.58. The Kier molecular flexibility index (Phi) is 4.95. The molecular formula is C16H25N5O2. The summed E-state index contributed by atoms with van der Waals surface area (Å²) in [5, 5.41) is 6.74. The number of nitrogens with one attached hydrogen (secondary N) is 2. The number of carbonyl (C=O) groups excluding carboxylic acids is 1. The van der Waals surface area contributed by atoms with Gasteiger partial charge in [-0.15, -0.1) is 0 Å². The van der Waals surface area contributed by atoms with Gasteiger partial charge in [-0.25, -0.2) is 9.97 Å². The molecule has 2 fully saturated rings. The van der Waals surface area contributed by atoms with Gasteiger partial charge in [0.25, 0.3) is 0 Å². The third-order valence-corrected chi connectivity index (χ3v) is 4.31. The van der Waals surface area contributed by atoms with E-state index in [0.717, 1.165) is 37.6 Å². The monoisotopic (exact) mass is 319 g/mol. The summed E-state index contributed by atoms with van der Waals surface area (Å²) in [5.74, 6) is 1.75. The first kappa shape index (κ1) is 16.0. The van der Waals surface area contributed by atoms with Crippen LogP contribution in [0.4, 0.5) is 11.6 Å². The molecule has 0 aliphatic carbocycles. The Morgan fingerprint density at radius 2 is 2.00 bits per heavy atom. The van der Waals surface area contributed by atoms with Crippen LogP contribution in [-0.4, -0.2) is 58.7 Å². The molecule has 2 atom stereocenters. The van der Waals surface area contributed by atoms with Crippen molar-refractivity contribution < 1.29 is 9.53 Å². The summed E-state index contributed by atoms with van der Waals surface area (Å²) >= 11 is 0. The molecule has 2 aliphatic heterocycles. The molecule has 0 unspecified atom stereocenters. The van der Waals surface area contributed by atoms with Crippen molar-refractivity contribution in [2.24, 2.45) is 0 Å². The highest BCUT2D eigenvalue weighted by Crippen LogP contribution is 2.19. The number of likely N-dealkylation sites (tertiary alicyclic amines) is 1. The zero-order chi connectivity index (χ0) is 16.2. The molecule has 23 heavy (non-hydrogen) atoms. The highest BCUT2D eigenvalue weighted by atomic mass is 16.5. The van der Waals surface area contributed by atoms with E-state index < -0.39 is 0 Å². The smallest absolute Gasteiger partial charge is 0.225 e. The SMILES string of the molecule is CC(C)N1C[C@H](Nc2cc(N[C@@H]3CCCOC3)ncn2)CC1=O. The molecule has 7 heteroatoms. The van der Waals surface area contributed by atoms with E-state index in [1.54, 1.807) is 6.33 Å². The summed E-state index contributed by atoms with van der Waals surface area (Å²) in [5.41, 5.74) is 0. The van der Waals surface area contributed by atoms with E-state index in [2.05, 4.69) is 20.6 Å². The molecular weight excluding hydrogens is 294 g/mol. The Bertz CT molecular complexity index is 545. The lowest BCUT2D eigenvalue weighted by Crippen LogP contribution is -2.33. The number of hydrogen-bond donors (Lipinski definition) is 2. The van der Waals surface area contributed by atoms with Crippen LogP contribution in [0, 0.1) is 0 Å². The number of amides is 1. The summed E-state index contributed by atoms with van der Waals surface area (Å²) in [6.45, 7) is 6.36. The van der Waals surface area contributed by atoms with Crippen molar-refractivity contribution in [3.05, 3.63) is 12.4 Å². The van der Waals surface area contributed by atoms with E-state index in [1.165, 1.54) is 0 Å². The van der Waals surface area contributed by atoms with Crippen LogP contribution >= 0.6 is 0 Å². The summed E-state index contributed by atoms with van der Waals surface area (Å²) in [4.78, 5) is 22.4. The van der Waals surface area contributed by atoms with E-state index in [0.29, 0.717) is 19.1 Å². The Labute approximate surface area is 136 Å². The van der Waals surface area contributed by atoms with Crippen molar-refractivity contribution in [2.75, 3.05) is 30.4 Å². The molecule has 1 amide bonds. The molecule has 2 N–H and O–H groups in total. The molecule has 1 aromatic heterocycles. The highest BCUT2D eigenvalue weighted by molar-refractivity contribution is 5.80. The Morgan fingerprint density at radius 3 is 2.61 bits per heavy atom. The molecule has 0 bridgehead atoms. The number of rotatable bonds is 5. The van der Waals surface area contributed by atoms with Crippen LogP contribution in [0.5, 0.6) is 0 Å². The number of aromatic nitrogens is 2. The summed E-state index contributed by atoms with van der Waals surface area (Å²) in [6, 6.07) is 2.54. The number of carbonyl (C=O) groups is 1. The van der Waals surface area contributed by atoms with Crippen LogP contribution in [0.1, 0.15) is 33.1 Å². The molecule has 0 spiro atoms. The van der Waals surface area contributed by atoms with E-state index >= 15 is 0 Å². The van der Waals surface area contributed by atoms with E-state index in [-0.39, 0.29) is 18.0 Å². The van der Waals surface area contributed by atoms with Gasteiger partial charge < -0.3 is 20.3 Å². The van der Waals surface area contributed by atoms with Gasteiger partial charge in [-0.2, -0.15) is 0 Å². The number of ether oxygens (including phenoxy) is 1. The minimum Gasteiger partial charge on any atom is -0.379 e. The van der Waals surface area contributed by atoms with Gasteiger partial charge in [-0.3, -0.25) is 4.79 Å². The first-order chi connectivity index (χ1) is 11.1. The van der Waals surface area contributed by atoms with Crippen molar-refractivity contribution in [2.45, 2.75) is 51.2 Å². The maximum Gasteiger partial charge on any atom is 0.225 e. The van der Waals surface area contributed by atoms with E-state index in [9.17, 15) is 4.79 Å². The van der Waals surface area contributed by atoms with Crippen molar-refractivity contribution in [3.63, 3.8) is 0 Å². The van der Waals surface area contributed by atoms with Crippen LogP contribution in [-0.2, 0) is 9.53 Å². The second-order valence-corrected chi connectivity index (χ2v) is 6.53. The minimum absolute atomic E-state index is 0.102. The molecule has 1 aromatic rings. The highest BCUT2D eigenvalue weighted by Gasteiger charge is 2.31. The minimum atomic E-state index is 0.102. The van der Waals surface area contributed by atoms with Crippen LogP contribution < -0.4 is 10.6 Å². The zero-order valence-corrected chi connectivity index (χ0v) is 13.8. The topological polar surface area (TPSA) is 79.4 Å². The second-order valence-electron chi connectivity index (χ2n) is 6.53. The lowest BCUT2D eigenvalue weighted by Gasteiger charge is -2.24. The van der Waals surface area contributed by atoms with Gasteiger partial charge in [0, 0.05) is 31.7 Å². The maximum absolute atomic E-state index is 12.0. The molecule has 7 nitrogen and oxygen atoms in total. The number of nitrogens with zero attached hydrogens (tertiary/aromatic N) is 3. The first-order valence-corrected chi connectivity index (χ1v) is 8.34. The maximum atomic E-state index is 12.0. The van der Waals surface area contributed by atoms with Gasteiger partial charge in [0.15, 0.2) is 0 Å². The normalized spacial score (nSPS) is 25.0. The van der Waals surface area contributed by atoms with Gasteiger partial charge in [-0.05, 0) is 26.7 Å². The molecule has 126 valence electrons. The van der Waals surface area contributed by atoms with Gasteiger partial charge >= 0.3 is 0 Å². The molecule has 2 aliphatic rings. The quantitative estimate of drug-likeness (QED) is 0.856. The van der Waals surface area contributed by atoms with Crippen molar-refractivity contribution in [1.29, 1.82) is 0 Å². The number of hydrogen-bond acceptors (Lipinski definition) is 6. The fourth-order valence-corrected chi connectivity index (χ4v) is 3.12. The van der Waals surface area contributed by atoms with E-state index in [4.69, 9.17) is 4.74 Å². The zero-order valence-electron chi connectivity index (χ0n) is 13.8. The summed E-state index contributed by atoms with van der Waals surface area (Å²) in [7, 11) is 0. The molecule has 0 radical (unpaired) electrons. The average Bonchev–Trinajstić information content (AvgIpc) is 2.89. The standard InChI is InChI=1S/C16H25N5O2/c1-11(2)21-8-13(6-16(21)22)20-15-7-14(17-10-18-15)19-12-4-3-5-23-9-12/h7,10-13H,3-6,8-9H2,1-2H3,(H2,17,18,19,20)/t12-,13-/m1/s1. The van der Waals surface area contributed by atoms with Gasteiger partial charge in [0.1, 0.15) is 18.0 Å². The average molecular weight is 319 g/mol. The van der Waals surface area contributed by atoms with Crippen molar-refractivity contribution in [1.82, 2.24) is 14.9 Å². The summed E-state index contributed by atoms with van der Waals surface area (Å²) in [6.07, 6.45) is 4.23. The fraction of sp³-hybridized carbons (Fsp3) is 0.688. The molecule has 2 saturated heterocycles. The fourth-order valence-electron chi connectivity index (χ4n) is 3.12. The summed E-state index contributed by atoms with van der Waals surface area (Å²) < 4.78 is 5.47. The lowest BCUT2D eigenvalue weighted by atomic mass is 10.1. The third-order valence-electron chi connectivity index (χ3n) is 4.31. The Hall–Kier alpha value is -1.89. The van der Waals surface area contributed by atoms with Gasteiger partial charge in [0.05, 0.1) is 18.7 Å². The van der Waals surface area contributed by atoms with Crippen LogP contribution in [0.25, 0.3) is 0 Å². The van der Waals surface area contributed by atoms with Crippen LogP contribution in [0.15, 0.2) is 12.4 Å². The molecule has 3 heterocycles. The van der Waals surface area contributed by atoms with Crippen molar-refractivity contribution >= 4 is 17.5 Å². The third kappa shape index (κ3) is 4.10. The predicted molar refractivity (Wildman–Crippen MR) is 88.4 cm³/mol. The van der Waals surface area contributed by atoms with Crippen LogP contribution in [0.3, 0.4) is 0 Å². The predicted octanol–water partition coefficient (Wildman–Crippen LogP) is 1.49. The van der Waals surface area contributed by atoms with Crippen LogP contribution in [0.2, 0.25) is 0 Å². The van der Waals surface area contributed by atoms with E-state index in [1.807, 2.05) is 24.8 Å². The largest absolute Gasteiger partial charge is 0.379 e. The molecule has 0 aromatic carbocycles. The lowest BCUT2D eigenvalue weighted by molar-refractivity contribution is -0.129. The molecule has 0 saturated carbocycles. The van der Waals surface area contributed by atoms with Gasteiger partial charge in [0.2, 0.25) is 5.91 Å². The number of anilines is 2. The Morgan fingerprint density at radius 1 is 1.26 bits per heavy atom. The molecule has 3 rings (SSSR count). The first-order valence-electron chi connectivity index (χ1n) is 8.34. The van der Waals surface area contributed by atoms with Crippen molar-refractivity contribution in [3.8, 4) is 0 Å². The second kappa shape index (κ2) is 7.12. The van der Waals surface area contributed by atoms with Gasteiger partial charge in [-0.1, -0.05) is 0 Å².